The van der Waals surface area contributed by atoms with E-state index in [-0.39, 0.29) is 28.7 Å². The van der Waals surface area contributed by atoms with Gasteiger partial charge < -0.3 is 5.73 Å². The molecule has 1 aromatic rings. The average molecular weight is 309 g/mol. The van der Waals surface area contributed by atoms with Gasteiger partial charge in [-0.05, 0) is 12.1 Å². The maximum absolute atomic E-state index is 12.4. The van der Waals surface area contributed by atoms with Crippen molar-refractivity contribution < 1.29 is 12.6 Å². The SMILES string of the molecule is Nc1cccc(Cl)c1S(=O)(=O)N1CCS(=O)CC1. The molecule has 1 aliphatic rings. The van der Waals surface area contributed by atoms with Crippen molar-refractivity contribution in [1.82, 2.24) is 4.31 Å². The van der Waals surface area contributed by atoms with Crippen LogP contribution in [0.1, 0.15) is 0 Å². The molecule has 0 atom stereocenters. The van der Waals surface area contributed by atoms with E-state index in [0.717, 1.165) is 0 Å². The third-order valence-corrected chi connectivity index (χ3v) is 6.45. The zero-order chi connectivity index (χ0) is 13.3. The first-order valence-corrected chi connectivity index (χ1v) is 8.62. The van der Waals surface area contributed by atoms with Gasteiger partial charge in [0.2, 0.25) is 10.0 Å². The van der Waals surface area contributed by atoms with Gasteiger partial charge in [0.05, 0.1) is 10.7 Å². The van der Waals surface area contributed by atoms with Crippen LogP contribution in [-0.4, -0.2) is 41.5 Å². The van der Waals surface area contributed by atoms with Crippen molar-refractivity contribution in [3.63, 3.8) is 0 Å². The summed E-state index contributed by atoms with van der Waals surface area (Å²) < 4.78 is 37.3. The molecule has 0 unspecified atom stereocenters. The number of nitrogens with zero attached hydrogens (tertiary/aromatic N) is 1. The highest BCUT2D eigenvalue weighted by atomic mass is 35.5. The smallest absolute Gasteiger partial charge is 0.246 e. The molecule has 0 amide bonds. The van der Waals surface area contributed by atoms with E-state index in [9.17, 15) is 12.6 Å². The van der Waals surface area contributed by atoms with Gasteiger partial charge >= 0.3 is 0 Å². The number of hydrogen-bond donors (Lipinski definition) is 1. The van der Waals surface area contributed by atoms with Crippen LogP contribution in [0.15, 0.2) is 23.1 Å². The van der Waals surface area contributed by atoms with Crippen molar-refractivity contribution in [2.45, 2.75) is 4.90 Å². The van der Waals surface area contributed by atoms with E-state index in [1.54, 1.807) is 6.07 Å². The second kappa shape index (κ2) is 5.16. The summed E-state index contributed by atoms with van der Waals surface area (Å²) in [5, 5.41) is 0.113. The van der Waals surface area contributed by atoms with Gasteiger partial charge in [0.1, 0.15) is 4.90 Å². The summed E-state index contributed by atoms with van der Waals surface area (Å²) in [6.45, 7) is 0.471. The summed E-state index contributed by atoms with van der Waals surface area (Å²) in [5.41, 5.74) is 5.82. The highest BCUT2D eigenvalue weighted by molar-refractivity contribution is 7.89. The first kappa shape index (κ1) is 13.8. The molecule has 0 aliphatic carbocycles. The van der Waals surface area contributed by atoms with Crippen molar-refractivity contribution in [3.05, 3.63) is 23.2 Å². The molecule has 2 rings (SSSR count). The summed E-state index contributed by atoms with van der Waals surface area (Å²) in [4.78, 5) is -0.0562. The maximum Gasteiger partial charge on any atom is 0.246 e. The number of anilines is 1. The van der Waals surface area contributed by atoms with Gasteiger partial charge in [-0.25, -0.2) is 8.42 Å². The second-order valence-corrected chi connectivity index (χ2v) is 7.89. The number of sulfonamides is 1. The van der Waals surface area contributed by atoms with Crippen molar-refractivity contribution >= 4 is 38.1 Å². The predicted molar refractivity (Wildman–Crippen MR) is 72.5 cm³/mol. The highest BCUT2D eigenvalue weighted by Gasteiger charge is 2.31. The molecule has 1 aliphatic heterocycles. The Morgan fingerprint density at radius 1 is 1.28 bits per heavy atom. The lowest BCUT2D eigenvalue weighted by Gasteiger charge is -2.26. The largest absolute Gasteiger partial charge is 0.398 e. The number of halogens is 1. The summed E-state index contributed by atoms with van der Waals surface area (Å²) in [6, 6.07) is 4.59. The summed E-state index contributed by atoms with van der Waals surface area (Å²) in [5.74, 6) is 0.702. The maximum atomic E-state index is 12.4. The van der Waals surface area contributed by atoms with Crippen LogP contribution in [0, 0.1) is 0 Å². The lowest BCUT2D eigenvalue weighted by molar-refractivity contribution is 0.439. The van der Waals surface area contributed by atoms with Crippen LogP contribution in [-0.2, 0) is 20.8 Å². The van der Waals surface area contributed by atoms with Crippen LogP contribution < -0.4 is 5.73 Å². The first-order chi connectivity index (χ1) is 8.43. The van der Waals surface area contributed by atoms with Crippen LogP contribution in [0.25, 0.3) is 0 Å². The molecule has 0 saturated carbocycles. The van der Waals surface area contributed by atoms with E-state index in [2.05, 4.69) is 0 Å². The van der Waals surface area contributed by atoms with Crippen molar-refractivity contribution in [3.8, 4) is 0 Å². The van der Waals surface area contributed by atoms with E-state index in [1.807, 2.05) is 0 Å². The molecule has 0 spiro atoms. The van der Waals surface area contributed by atoms with Crippen molar-refractivity contribution in [2.75, 3.05) is 30.3 Å². The van der Waals surface area contributed by atoms with E-state index >= 15 is 0 Å². The summed E-state index contributed by atoms with van der Waals surface area (Å²) >= 11 is 5.92. The fourth-order valence-corrected chi connectivity index (χ4v) is 5.15. The van der Waals surface area contributed by atoms with Gasteiger partial charge in [-0.1, -0.05) is 17.7 Å². The summed E-state index contributed by atoms with van der Waals surface area (Å²) in [7, 11) is -4.64. The number of nitrogens with two attached hydrogens (primary N) is 1. The molecule has 1 saturated heterocycles. The van der Waals surface area contributed by atoms with Gasteiger partial charge in [0, 0.05) is 35.4 Å². The monoisotopic (exact) mass is 308 g/mol. The standard InChI is InChI=1S/C10H13ClN2O3S2/c11-8-2-1-3-9(12)10(8)18(15,16)13-4-6-17(14)7-5-13/h1-3H,4-7,12H2. The Bertz CT molecular complexity index is 559. The third kappa shape index (κ3) is 2.54. The highest BCUT2D eigenvalue weighted by Crippen LogP contribution is 2.30. The van der Waals surface area contributed by atoms with E-state index in [4.69, 9.17) is 17.3 Å². The molecule has 8 heteroatoms. The van der Waals surface area contributed by atoms with Gasteiger partial charge in [-0.2, -0.15) is 4.31 Å². The zero-order valence-corrected chi connectivity index (χ0v) is 11.9. The Labute approximate surface area is 113 Å². The average Bonchev–Trinajstić information content (AvgIpc) is 2.29. The van der Waals surface area contributed by atoms with E-state index < -0.39 is 20.8 Å². The van der Waals surface area contributed by atoms with Crippen LogP contribution in [0.5, 0.6) is 0 Å². The molecule has 0 radical (unpaired) electrons. The minimum atomic E-state index is -3.70. The van der Waals surface area contributed by atoms with Crippen molar-refractivity contribution in [2.24, 2.45) is 0 Å². The van der Waals surface area contributed by atoms with Gasteiger partial charge in [-0.15, -0.1) is 0 Å². The minimum absolute atomic E-state index is 0.0562. The number of rotatable bonds is 2. The molecule has 0 aromatic heterocycles. The first-order valence-electron chi connectivity index (χ1n) is 5.32. The fraction of sp³-hybridized carbons (Fsp3) is 0.400. The number of benzene rings is 1. The topological polar surface area (TPSA) is 80.5 Å². The van der Waals surface area contributed by atoms with E-state index in [0.29, 0.717) is 11.5 Å². The lowest BCUT2D eigenvalue weighted by Crippen LogP contribution is -2.42. The molecule has 0 bridgehead atoms. The number of nitrogen functional groups attached to an aromatic ring is 1. The Kier molecular flexibility index (Phi) is 3.96. The molecule has 1 heterocycles. The van der Waals surface area contributed by atoms with Gasteiger partial charge in [-0.3, -0.25) is 4.21 Å². The second-order valence-electron chi connectivity index (χ2n) is 3.91. The Morgan fingerprint density at radius 2 is 1.89 bits per heavy atom. The van der Waals surface area contributed by atoms with Crippen LogP contribution >= 0.6 is 11.6 Å². The Morgan fingerprint density at radius 3 is 2.44 bits per heavy atom. The molecule has 2 N–H and O–H groups in total. The third-order valence-electron chi connectivity index (χ3n) is 2.73. The van der Waals surface area contributed by atoms with Crippen LogP contribution in [0.4, 0.5) is 5.69 Å². The Hall–Kier alpha value is -0.630. The quantitative estimate of drug-likeness (QED) is 0.815. The van der Waals surface area contributed by atoms with Crippen LogP contribution in [0.3, 0.4) is 0 Å². The molecule has 1 fully saturated rings. The molecular weight excluding hydrogens is 296 g/mol. The van der Waals surface area contributed by atoms with Gasteiger partial charge in [0.15, 0.2) is 0 Å². The zero-order valence-electron chi connectivity index (χ0n) is 9.50. The van der Waals surface area contributed by atoms with E-state index in [1.165, 1.54) is 16.4 Å². The van der Waals surface area contributed by atoms with Gasteiger partial charge in [0.25, 0.3) is 0 Å². The fourth-order valence-electron chi connectivity index (χ4n) is 1.79. The number of hydrogen-bond acceptors (Lipinski definition) is 4. The molecule has 1 aromatic carbocycles. The lowest BCUT2D eigenvalue weighted by atomic mass is 10.3. The Balaban J connectivity index is 2.40. The van der Waals surface area contributed by atoms with Crippen molar-refractivity contribution in [1.29, 1.82) is 0 Å². The van der Waals surface area contributed by atoms with Crippen LogP contribution in [0.2, 0.25) is 5.02 Å². The predicted octanol–water partition coefficient (Wildman–Crippen LogP) is 0.675. The minimum Gasteiger partial charge on any atom is -0.398 e. The normalized spacial score (nSPS) is 18.9. The summed E-state index contributed by atoms with van der Waals surface area (Å²) in [6.07, 6.45) is 0. The molecule has 5 nitrogen and oxygen atoms in total. The molecule has 18 heavy (non-hydrogen) atoms. The molecular formula is C10H13ClN2O3S2. The molecule has 100 valence electrons.